The van der Waals surface area contributed by atoms with Crippen molar-refractivity contribution in [2.75, 3.05) is 36.0 Å². The van der Waals surface area contributed by atoms with Gasteiger partial charge in [0.15, 0.2) is 0 Å². The summed E-state index contributed by atoms with van der Waals surface area (Å²) in [7, 11) is 0. The maximum atomic E-state index is 4.67. The Morgan fingerprint density at radius 2 is 1.73 bits per heavy atom. The van der Waals surface area contributed by atoms with Crippen molar-refractivity contribution < 1.29 is 0 Å². The summed E-state index contributed by atoms with van der Waals surface area (Å²) in [6.07, 6.45) is 1.82. The van der Waals surface area contributed by atoms with E-state index in [2.05, 4.69) is 35.8 Å². The molecular weight excluding hydrogens is 276 g/mol. The molecule has 0 amide bonds. The number of aromatic amines is 1. The summed E-state index contributed by atoms with van der Waals surface area (Å²) < 4.78 is 0. The number of para-hydroxylation sites is 2. The van der Waals surface area contributed by atoms with Crippen LogP contribution >= 0.6 is 0 Å². The van der Waals surface area contributed by atoms with Crippen LogP contribution in [0, 0.1) is 6.92 Å². The molecule has 1 aromatic carbocycles. The lowest BCUT2D eigenvalue weighted by Crippen LogP contribution is -2.47. The highest BCUT2D eigenvalue weighted by atomic mass is 15.4. The van der Waals surface area contributed by atoms with E-state index in [1.54, 1.807) is 0 Å². The average molecular weight is 294 g/mol. The van der Waals surface area contributed by atoms with Gasteiger partial charge in [-0.25, -0.2) is 15.0 Å². The summed E-state index contributed by atoms with van der Waals surface area (Å²) >= 11 is 0. The summed E-state index contributed by atoms with van der Waals surface area (Å²) in [5, 5.41) is 0. The molecule has 0 aliphatic carbocycles. The summed E-state index contributed by atoms with van der Waals surface area (Å²) in [6, 6.07) is 10.1. The molecule has 4 rings (SSSR count). The smallest absolute Gasteiger partial charge is 0.225 e. The molecule has 0 spiro atoms. The van der Waals surface area contributed by atoms with Crippen molar-refractivity contribution in [3.8, 4) is 0 Å². The number of rotatable bonds is 2. The van der Waals surface area contributed by atoms with Crippen molar-refractivity contribution in [2.45, 2.75) is 6.92 Å². The van der Waals surface area contributed by atoms with Crippen LogP contribution in [0.25, 0.3) is 11.0 Å². The third-order valence-electron chi connectivity index (χ3n) is 4.02. The number of benzene rings is 1. The van der Waals surface area contributed by atoms with Crippen molar-refractivity contribution in [1.29, 1.82) is 0 Å². The molecule has 2 aromatic heterocycles. The van der Waals surface area contributed by atoms with E-state index in [1.807, 2.05) is 37.4 Å². The topological polar surface area (TPSA) is 60.9 Å². The number of nitrogens with zero attached hydrogens (tertiary/aromatic N) is 5. The van der Waals surface area contributed by atoms with Crippen LogP contribution in [0.5, 0.6) is 0 Å². The SMILES string of the molecule is Cc1ccnc(N2CCN(c3nc4ccccc4[nH]3)CC2)n1. The molecule has 1 saturated heterocycles. The van der Waals surface area contributed by atoms with Crippen LogP contribution in [0.15, 0.2) is 36.5 Å². The van der Waals surface area contributed by atoms with Crippen molar-refractivity contribution in [3.05, 3.63) is 42.2 Å². The van der Waals surface area contributed by atoms with Crippen LogP contribution in [-0.2, 0) is 0 Å². The number of H-pyrrole nitrogens is 1. The maximum absolute atomic E-state index is 4.67. The quantitative estimate of drug-likeness (QED) is 0.783. The van der Waals surface area contributed by atoms with Crippen molar-refractivity contribution in [3.63, 3.8) is 0 Å². The Hall–Kier alpha value is -2.63. The lowest BCUT2D eigenvalue weighted by molar-refractivity contribution is 0.630. The first kappa shape index (κ1) is 13.1. The van der Waals surface area contributed by atoms with Gasteiger partial charge in [-0.05, 0) is 25.1 Å². The molecule has 0 saturated carbocycles. The monoisotopic (exact) mass is 294 g/mol. The number of aryl methyl sites for hydroxylation is 1. The number of hydrogen-bond acceptors (Lipinski definition) is 5. The molecule has 1 aliphatic heterocycles. The highest BCUT2D eigenvalue weighted by molar-refractivity contribution is 5.77. The van der Waals surface area contributed by atoms with Gasteiger partial charge in [0.2, 0.25) is 11.9 Å². The lowest BCUT2D eigenvalue weighted by Gasteiger charge is -2.34. The Labute approximate surface area is 128 Å². The van der Waals surface area contributed by atoms with E-state index in [-0.39, 0.29) is 0 Å². The minimum absolute atomic E-state index is 0.823. The largest absolute Gasteiger partial charge is 0.339 e. The van der Waals surface area contributed by atoms with E-state index in [4.69, 9.17) is 0 Å². The van der Waals surface area contributed by atoms with Gasteiger partial charge in [-0.3, -0.25) is 0 Å². The molecule has 6 nitrogen and oxygen atoms in total. The van der Waals surface area contributed by atoms with Gasteiger partial charge in [-0.1, -0.05) is 12.1 Å². The molecule has 1 fully saturated rings. The fourth-order valence-corrected chi connectivity index (χ4v) is 2.80. The van der Waals surface area contributed by atoms with E-state index >= 15 is 0 Å². The van der Waals surface area contributed by atoms with Crippen LogP contribution in [0.4, 0.5) is 11.9 Å². The number of nitrogens with one attached hydrogen (secondary N) is 1. The van der Waals surface area contributed by atoms with E-state index in [9.17, 15) is 0 Å². The molecule has 112 valence electrons. The minimum Gasteiger partial charge on any atom is -0.339 e. The van der Waals surface area contributed by atoms with Crippen LogP contribution in [-0.4, -0.2) is 46.1 Å². The number of piperazine rings is 1. The summed E-state index contributed by atoms with van der Waals surface area (Å²) in [4.78, 5) is 21.4. The third-order valence-corrected chi connectivity index (χ3v) is 4.02. The number of imidazole rings is 1. The number of anilines is 2. The van der Waals surface area contributed by atoms with Gasteiger partial charge in [0.05, 0.1) is 11.0 Å². The van der Waals surface area contributed by atoms with Gasteiger partial charge < -0.3 is 14.8 Å². The third kappa shape index (κ3) is 2.36. The van der Waals surface area contributed by atoms with Gasteiger partial charge in [0.1, 0.15) is 0 Å². The molecule has 6 heteroatoms. The summed E-state index contributed by atoms with van der Waals surface area (Å²) in [5.74, 6) is 1.77. The standard InChI is InChI=1S/C16H18N6/c1-12-6-7-17-15(18-12)21-8-10-22(11-9-21)16-19-13-4-2-3-5-14(13)20-16/h2-7H,8-11H2,1H3,(H,19,20). The van der Waals surface area contributed by atoms with E-state index in [1.165, 1.54) is 0 Å². The second-order valence-electron chi connectivity index (χ2n) is 5.55. The van der Waals surface area contributed by atoms with Crippen LogP contribution in [0.1, 0.15) is 5.69 Å². The number of hydrogen-bond donors (Lipinski definition) is 1. The van der Waals surface area contributed by atoms with Gasteiger partial charge in [0, 0.05) is 38.1 Å². The molecule has 1 N–H and O–H groups in total. The molecule has 0 unspecified atom stereocenters. The van der Waals surface area contributed by atoms with Gasteiger partial charge >= 0.3 is 0 Å². The molecule has 3 heterocycles. The Balaban J connectivity index is 1.49. The Morgan fingerprint density at radius 1 is 0.955 bits per heavy atom. The van der Waals surface area contributed by atoms with E-state index < -0.39 is 0 Å². The van der Waals surface area contributed by atoms with Crippen molar-refractivity contribution in [1.82, 2.24) is 19.9 Å². The molecule has 0 radical (unpaired) electrons. The average Bonchev–Trinajstić information content (AvgIpc) is 2.99. The van der Waals surface area contributed by atoms with Gasteiger partial charge in [-0.15, -0.1) is 0 Å². The van der Waals surface area contributed by atoms with E-state index in [0.29, 0.717) is 0 Å². The predicted molar refractivity (Wildman–Crippen MR) is 87.3 cm³/mol. The van der Waals surface area contributed by atoms with Crippen molar-refractivity contribution >= 4 is 22.9 Å². The highest BCUT2D eigenvalue weighted by Crippen LogP contribution is 2.19. The second-order valence-corrected chi connectivity index (χ2v) is 5.55. The van der Waals surface area contributed by atoms with E-state index in [0.717, 1.165) is 54.8 Å². The lowest BCUT2D eigenvalue weighted by atomic mass is 10.3. The van der Waals surface area contributed by atoms with Crippen LogP contribution in [0.3, 0.4) is 0 Å². The zero-order chi connectivity index (χ0) is 14.9. The fourth-order valence-electron chi connectivity index (χ4n) is 2.80. The Kier molecular flexibility index (Phi) is 3.14. The fraction of sp³-hybridized carbons (Fsp3) is 0.312. The molecule has 0 bridgehead atoms. The normalized spacial score (nSPS) is 15.5. The number of fused-ring (bicyclic) bond motifs is 1. The summed E-state index contributed by atoms with van der Waals surface area (Å²) in [6.45, 7) is 5.63. The molecule has 3 aromatic rings. The zero-order valence-corrected chi connectivity index (χ0v) is 12.5. The first-order valence-corrected chi connectivity index (χ1v) is 7.54. The Bertz CT molecular complexity index is 755. The first-order valence-electron chi connectivity index (χ1n) is 7.54. The first-order chi connectivity index (χ1) is 10.8. The molecule has 0 atom stereocenters. The summed E-state index contributed by atoms with van der Waals surface area (Å²) in [5.41, 5.74) is 3.11. The predicted octanol–water partition coefficient (Wildman–Crippen LogP) is 1.99. The molecule has 1 aliphatic rings. The number of aromatic nitrogens is 4. The van der Waals surface area contributed by atoms with Crippen LogP contribution < -0.4 is 9.80 Å². The van der Waals surface area contributed by atoms with Crippen LogP contribution in [0.2, 0.25) is 0 Å². The van der Waals surface area contributed by atoms with Gasteiger partial charge in [0.25, 0.3) is 0 Å². The maximum Gasteiger partial charge on any atom is 0.225 e. The molecular formula is C16H18N6. The molecule has 22 heavy (non-hydrogen) atoms. The minimum atomic E-state index is 0.823. The zero-order valence-electron chi connectivity index (χ0n) is 12.5. The Morgan fingerprint density at radius 3 is 2.50 bits per heavy atom. The van der Waals surface area contributed by atoms with Gasteiger partial charge in [-0.2, -0.15) is 0 Å². The second kappa shape index (κ2) is 5.29. The van der Waals surface area contributed by atoms with Crippen molar-refractivity contribution in [2.24, 2.45) is 0 Å². The highest BCUT2D eigenvalue weighted by Gasteiger charge is 2.21.